The average molecular weight is 227 g/mol. The highest BCUT2D eigenvalue weighted by Gasteiger charge is 2.20. The zero-order valence-corrected chi connectivity index (χ0v) is 11.3. The van der Waals surface area contributed by atoms with Crippen molar-refractivity contribution in [3.63, 3.8) is 0 Å². The van der Waals surface area contributed by atoms with Gasteiger partial charge < -0.3 is 5.32 Å². The number of amides is 1. The molecule has 0 unspecified atom stereocenters. The van der Waals surface area contributed by atoms with Crippen molar-refractivity contribution in [3.8, 4) is 0 Å². The molecule has 0 heterocycles. The van der Waals surface area contributed by atoms with Gasteiger partial charge in [0.15, 0.2) is 0 Å². The average Bonchev–Trinajstić information content (AvgIpc) is 2.38. The van der Waals surface area contributed by atoms with E-state index in [1.54, 1.807) is 0 Å². The van der Waals surface area contributed by atoms with Gasteiger partial charge in [0.25, 0.3) is 0 Å². The van der Waals surface area contributed by atoms with E-state index in [-0.39, 0.29) is 0 Å². The second kappa shape index (κ2) is 11.0. The highest BCUT2D eigenvalue weighted by atomic mass is 16.1. The summed E-state index contributed by atoms with van der Waals surface area (Å²) in [7, 11) is 0. The minimum Gasteiger partial charge on any atom is -0.356 e. The van der Waals surface area contributed by atoms with Crippen molar-refractivity contribution >= 4 is 5.91 Å². The van der Waals surface area contributed by atoms with Crippen LogP contribution in [-0.2, 0) is 4.79 Å². The Hall–Kier alpha value is -0.530. The van der Waals surface area contributed by atoms with Gasteiger partial charge in [-0.3, -0.25) is 4.79 Å². The standard InChI is InChI=1S/C12H23NO.C2H6/c1-2-3-7-10-13-12(14)11-8-5-4-6-9-11;1-2/h11H,2-10H2,1H3,(H,13,14);1-2H3. The number of hydrogen-bond donors (Lipinski definition) is 1. The molecule has 1 fully saturated rings. The molecule has 96 valence electrons. The van der Waals surface area contributed by atoms with Gasteiger partial charge in [0.2, 0.25) is 5.91 Å². The maximum Gasteiger partial charge on any atom is 0.223 e. The third-order valence-corrected chi connectivity index (χ3v) is 3.06. The topological polar surface area (TPSA) is 29.1 Å². The molecule has 1 aliphatic rings. The monoisotopic (exact) mass is 227 g/mol. The Bertz CT molecular complexity index is 162. The highest BCUT2D eigenvalue weighted by molar-refractivity contribution is 5.78. The molecule has 0 bridgehead atoms. The molecule has 0 aromatic rings. The van der Waals surface area contributed by atoms with Crippen molar-refractivity contribution in [2.75, 3.05) is 6.54 Å². The van der Waals surface area contributed by atoms with Gasteiger partial charge in [-0.05, 0) is 19.3 Å². The molecule has 0 atom stereocenters. The van der Waals surface area contributed by atoms with E-state index in [9.17, 15) is 4.79 Å². The number of hydrogen-bond acceptors (Lipinski definition) is 1. The van der Waals surface area contributed by atoms with Crippen molar-refractivity contribution in [2.24, 2.45) is 5.92 Å². The van der Waals surface area contributed by atoms with Gasteiger partial charge in [-0.15, -0.1) is 0 Å². The van der Waals surface area contributed by atoms with Gasteiger partial charge in [0.05, 0.1) is 0 Å². The molecule has 1 amide bonds. The Labute approximate surface area is 101 Å². The number of nitrogens with one attached hydrogen (secondary N) is 1. The van der Waals surface area contributed by atoms with E-state index >= 15 is 0 Å². The molecule has 1 saturated carbocycles. The first-order chi connectivity index (χ1) is 7.84. The lowest BCUT2D eigenvalue weighted by atomic mass is 9.89. The molecule has 0 spiro atoms. The van der Waals surface area contributed by atoms with Crippen LogP contribution in [0.4, 0.5) is 0 Å². The quantitative estimate of drug-likeness (QED) is 0.709. The molecule has 1 N–H and O–H groups in total. The Kier molecular flexibility index (Phi) is 10.6. The molecule has 0 aliphatic heterocycles. The molecular weight excluding hydrogens is 198 g/mol. The zero-order chi connectivity index (χ0) is 12.2. The highest BCUT2D eigenvalue weighted by Crippen LogP contribution is 2.23. The fraction of sp³-hybridized carbons (Fsp3) is 0.929. The largest absolute Gasteiger partial charge is 0.356 e. The van der Waals surface area contributed by atoms with E-state index in [1.165, 1.54) is 32.1 Å². The van der Waals surface area contributed by atoms with Crippen LogP contribution in [-0.4, -0.2) is 12.5 Å². The van der Waals surface area contributed by atoms with Gasteiger partial charge in [-0.2, -0.15) is 0 Å². The molecule has 1 aliphatic carbocycles. The summed E-state index contributed by atoms with van der Waals surface area (Å²) in [6.07, 6.45) is 9.61. The van der Waals surface area contributed by atoms with Crippen molar-refractivity contribution in [1.82, 2.24) is 5.32 Å². The Morgan fingerprint density at radius 1 is 1.12 bits per heavy atom. The van der Waals surface area contributed by atoms with Crippen LogP contribution in [0.15, 0.2) is 0 Å². The van der Waals surface area contributed by atoms with E-state index < -0.39 is 0 Å². The maximum atomic E-state index is 11.7. The molecule has 2 heteroatoms. The summed E-state index contributed by atoms with van der Waals surface area (Å²) in [4.78, 5) is 11.7. The third-order valence-electron chi connectivity index (χ3n) is 3.06. The minimum atomic E-state index is 0.306. The molecule has 0 saturated heterocycles. The van der Waals surface area contributed by atoms with Crippen molar-refractivity contribution in [2.45, 2.75) is 72.1 Å². The minimum absolute atomic E-state index is 0.306. The Morgan fingerprint density at radius 3 is 2.31 bits per heavy atom. The normalized spacial score (nSPS) is 16.2. The van der Waals surface area contributed by atoms with E-state index in [2.05, 4.69) is 12.2 Å². The third kappa shape index (κ3) is 6.86. The van der Waals surface area contributed by atoms with Gasteiger partial charge in [-0.25, -0.2) is 0 Å². The van der Waals surface area contributed by atoms with Crippen molar-refractivity contribution in [1.29, 1.82) is 0 Å². The molecule has 0 radical (unpaired) electrons. The molecule has 1 rings (SSSR count). The maximum absolute atomic E-state index is 11.7. The summed E-state index contributed by atoms with van der Waals surface area (Å²) < 4.78 is 0. The second-order valence-corrected chi connectivity index (χ2v) is 4.33. The smallest absolute Gasteiger partial charge is 0.223 e. The SMILES string of the molecule is CC.CCCCCNC(=O)C1CCCCC1. The van der Waals surface area contributed by atoms with Crippen LogP contribution in [0.2, 0.25) is 0 Å². The number of rotatable bonds is 5. The summed E-state index contributed by atoms with van der Waals surface area (Å²) in [6.45, 7) is 7.06. The van der Waals surface area contributed by atoms with Crippen LogP contribution in [0.25, 0.3) is 0 Å². The fourth-order valence-electron chi connectivity index (χ4n) is 2.10. The first-order valence-electron chi connectivity index (χ1n) is 7.12. The van der Waals surface area contributed by atoms with Crippen LogP contribution >= 0.6 is 0 Å². The molecular formula is C14H29NO. The van der Waals surface area contributed by atoms with Crippen LogP contribution in [0.1, 0.15) is 72.1 Å². The summed E-state index contributed by atoms with van der Waals surface area (Å²) in [5.41, 5.74) is 0. The van der Waals surface area contributed by atoms with Crippen molar-refractivity contribution in [3.05, 3.63) is 0 Å². The Morgan fingerprint density at radius 2 is 1.75 bits per heavy atom. The zero-order valence-electron chi connectivity index (χ0n) is 11.3. The van der Waals surface area contributed by atoms with E-state index in [1.807, 2.05) is 13.8 Å². The predicted octanol–water partition coefficient (Wildman–Crippen LogP) is 3.90. The van der Waals surface area contributed by atoms with Crippen molar-refractivity contribution < 1.29 is 4.79 Å². The van der Waals surface area contributed by atoms with Crippen LogP contribution < -0.4 is 5.32 Å². The summed E-state index contributed by atoms with van der Waals surface area (Å²) in [5, 5.41) is 3.05. The molecule has 16 heavy (non-hydrogen) atoms. The lowest BCUT2D eigenvalue weighted by Crippen LogP contribution is -2.32. The van der Waals surface area contributed by atoms with Crippen LogP contribution in [0.3, 0.4) is 0 Å². The van der Waals surface area contributed by atoms with E-state index in [0.717, 1.165) is 25.8 Å². The summed E-state index contributed by atoms with van der Waals surface area (Å²) in [6, 6.07) is 0. The summed E-state index contributed by atoms with van der Waals surface area (Å²) >= 11 is 0. The lowest BCUT2D eigenvalue weighted by Gasteiger charge is -2.20. The van der Waals surface area contributed by atoms with Crippen LogP contribution in [0.5, 0.6) is 0 Å². The first kappa shape index (κ1) is 15.5. The van der Waals surface area contributed by atoms with E-state index in [0.29, 0.717) is 11.8 Å². The Balaban J connectivity index is 0.00000106. The number of carbonyl (C=O) groups is 1. The van der Waals surface area contributed by atoms with E-state index in [4.69, 9.17) is 0 Å². The van der Waals surface area contributed by atoms with Crippen LogP contribution in [0, 0.1) is 5.92 Å². The molecule has 0 aromatic heterocycles. The van der Waals surface area contributed by atoms with Gasteiger partial charge in [-0.1, -0.05) is 52.9 Å². The van der Waals surface area contributed by atoms with Gasteiger partial charge in [0, 0.05) is 12.5 Å². The first-order valence-corrected chi connectivity index (χ1v) is 7.12. The predicted molar refractivity (Wildman–Crippen MR) is 70.5 cm³/mol. The molecule has 0 aromatic carbocycles. The fourth-order valence-corrected chi connectivity index (χ4v) is 2.10. The number of unbranched alkanes of at least 4 members (excludes halogenated alkanes) is 2. The number of carbonyl (C=O) groups excluding carboxylic acids is 1. The summed E-state index contributed by atoms with van der Waals surface area (Å²) in [5.74, 6) is 0.631. The molecule has 2 nitrogen and oxygen atoms in total. The second-order valence-electron chi connectivity index (χ2n) is 4.33. The van der Waals surface area contributed by atoms with Gasteiger partial charge in [0.1, 0.15) is 0 Å². The van der Waals surface area contributed by atoms with Gasteiger partial charge >= 0.3 is 0 Å². The lowest BCUT2D eigenvalue weighted by molar-refractivity contribution is -0.125.